The fourth-order valence-corrected chi connectivity index (χ4v) is 3.84. The van der Waals surface area contributed by atoms with E-state index in [9.17, 15) is 9.59 Å². The van der Waals surface area contributed by atoms with Gasteiger partial charge in [-0.25, -0.2) is 0 Å². The first-order valence-corrected chi connectivity index (χ1v) is 10.6. The van der Waals surface area contributed by atoms with E-state index in [4.69, 9.17) is 4.74 Å². The Balaban J connectivity index is 1.60. The third-order valence-electron chi connectivity index (χ3n) is 5.50. The molecule has 1 atom stereocenters. The maximum absolute atomic E-state index is 13.5. The number of nitrogens with one attached hydrogen (secondary N) is 1. The molecule has 0 aliphatic heterocycles. The second kappa shape index (κ2) is 9.43. The van der Waals surface area contributed by atoms with Crippen molar-refractivity contribution in [1.82, 2.24) is 4.98 Å². The highest BCUT2D eigenvalue weighted by Gasteiger charge is 2.28. The number of ketones is 1. The third-order valence-corrected chi connectivity index (χ3v) is 5.50. The Morgan fingerprint density at radius 1 is 0.903 bits per heavy atom. The maximum Gasteiger partial charge on any atom is 0.307 e. The number of benzene rings is 3. The summed E-state index contributed by atoms with van der Waals surface area (Å²) < 4.78 is 5.75. The van der Waals surface area contributed by atoms with E-state index in [-0.39, 0.29) is 18.2 Å². The third kappa shape index (κ3) is 4.58. The Labute approximate surface area is 181 Å². The smallest absolute Gasteiger partial charge is 0.307 e. The van der Waals surface area contributed by atoms with Gasteiger partial charge in [-0.3, -0.25) is 9.59 Å². The van der Waals surface area contributed by atoms with Crippen LogP contribution in [-0.2, 0) is 22.4 Å². The van der Waals surface area contributed by atoms with Crippen molar-refractivity contribution in [3.63, 3.8) is 0 Å². The summed E-state index contributed by atoms with van der Waals surface area (Å²) in [6.45, 7) is 2.08. The van der Waals surface area contributed by atoms with Gasteiger partial charge in [-0.15, -0.1) is 0 Å². The summed E-state index contributed by atoms with van der Waals surface area (Å²) in [6.07, 6.45) is 2.40. The van der Waals surface area contributed by atoms with Gasteiger partial charge < -0.3 is 9.72 Å². The van der Waals surface area contributed by atoms with Crippen LogP contribution in [0, 0.1) is 0 Å². The van der Waals surface area contributed by atoms with Crippen molar-refractivity contribution in [2.45, 2.75) is 32.3 Å². The lowest BCUT2D eigenvalue weighted by atomic mass is 9.98. The molecule has 0 unspecified atom stereocenters. The first-order chi connectivity index (χ1) is 15.2. The lowest BCUT2D eigenvalue weighted by Gasteiger charge is -2.17. The van der Waals surface area contributed by atoms with E-state index in [1.54, 1.807) is 6.20 Å². The van der Waals surface area contributed by atoms with E-state index in [0.29, 0.717) is 17.5 Å². The van der Waals surface area contributed by atoms with Crippen molar-refractivity contribution in [1.29, 1.82) is 0 Å². The normalized spacial score (nSPS) is 11.9. The summed E-state index contributed by atoms with van der Waals surface area (Å²) in [5.41, 5.74) is 4.37. The number of hydrogen-bond donors (Lipinski definition) is 1. The van der Waals surface area contributed by atoms with Gasteiger partial charge in [0.25, 0.3) is 0 Å². The fourth-order valence-electron chi connectivity index (χ4n) is 3.84. The molecule has 0 aliphatic rings. The predicted octanol–water partition coefficient (Wildman–Crippen LogP) is 5.83. The highest BCUT2D eigenvalue weighted by molar-refractivity contribution is 6.11. The Morgan fingerprint density at radius 2 is 1.61 bits per heavy atom. The minimum Gasteiger partial charge on any atom is -0.449 e. The maximum atomic E-state index is 13.5. The number of hydrogen-bond acceptors (Lipinski definition) is 3. The molecule has 3 aromatic carbocycles. The van der Waals surface area contributed by atoms with Gasteiger partial charge in [-0.1, -0.05) is 85.8 Å². The van der Waals surface area contributed by atoms with Crippen LogP contribution in [0.4, 0.5) is 0 Å². The Kier molecular flexibility index (Phi) is 6.27. The van der Waals surface area contributed by atoms with Crippen LogP contribution in [0.1, 0.15) is 46.5 Å². The van der Waals surface area contributed by atoms with Gasteiger partial charge >= 0.3 is 5.97 Å². The predicted molar refractivity (Wildman–Crippen MR) is 122 cm³/mol. The lowest BCUT2D eigenvalue weighted by molar-refractivity contribution is -0.147. The summed E-state index contributed by atoms with van der Waals surface area (Å²) in [7, 11) is 0. The zero-order chi connectivity index (χ0) is 21.6. The molecule has 0 radical (unpaired) electrons. The molecule has 1 N–H and O–H groups in total. The van der Waals surface area contributed by atoms with Crippen LogP contribution >= 0.6 is 0 Å². The molecule has 4 heteroatoms. The van der Waals surface area contributed by atoms with Crippen molar-refractivity contribution in [3.8, 4) is 0 Å². The van der Waals surface area contributed by atoms with Gasteiger partial charge in [-0.05, 0) is 24.0 Å². The van der Waals surface area contributed by atoms with Crippen molar-refractivity contribution in [2.75, 3.05) is 0 Å². The second-order valence-electron chi connectivity index (χ2n) is 7.53. The molecule has 4 rings (SSSR count). The van der Waals surface area contributed by atoms with Crippen molar-refractivity contribution < 1.29 is 14.3 Å². The monoisotopic (exact) mass is 411 g/mol. The average Bonchev–Trinajstić information content (AvgIpc) is 3.26. The number of ether oxygens (including phenoxy) is 1. The highest BCUT2D eigenvalue weighted by atomic mass is 16.5. The number of H-pyrrole nitrogens is 1. The van der Waals surface area contributed by atoms with Gasteiger partial charge in [-0.2, -0.15) is 0 Å². The molecule has 1 aromatic heterocycles. The molecule has 4 nitrogen and oxygen atoms in total. The van der Waals surface area contributed by atoms with Gasteiger partial charge in [0.05, 0.1) is 0 Å². The number of aryl methyl sites for hydroxylation is 2. The van der Waals surface area contributed by atoms with E-state index in [1.165, 1.54) is 0 Å². The number of fused-ring (bicyclic) bond motifs is 1. The number of rotatable bonds is 8. The van der Waals surface area contributed by atoms with E-state index >= 15 is 0 Å². The number of carbonyl (C=O) groups is 2. The first-order valence-electron chi connectivity index (χ1n) is 10.6. The van der Waals surface area contributed by atoms with Gasteiger partial charge in [0.1, 0.15) is 0 Å². The first kappa shape index (κ1) is 20.6. The van der Waals surface area contributed by atoms with Crippen LogP contribution in [0.3, 0.4) is 0 Å². The van der Waals surface area contributed by atoms with Crippen molar-refractivity contribution in [3.05, 3.63) is 107 Å². The molecule has 0 spiro atoms. The summed E-state index contributed by atoms with van der Waals surface area (Å²) >= 11 is 0. The molecule has 1 heterocycles. The Morgan fingerprint density at radius 3 is 2.32 bits per heavy atom. The van der Waals surface area contributed by atoms with E-state index in [2.05, 4.69) is 11.9 Å². The Hall–Kier alpha value is -3.66. The summed E-state index contributed by atoms with van der Waals surface area (Å²) in [5, 5.41) is 0.852. The van der Waals surface area contributed by atoms with Crippen LogP contribution in [0.25, 0.3) is 10.9 Å². The Bertz CT molecular complexity index is 1180. The number of para-hydroxylation sites is 1. The van der Waals surface area contributed by atoms with Gasteiger partial charge in [0.15, 0.2) is 6.10 Å². The van der Waals surface area contributed by atoms with Gasteiger partial charge in [0, 0.05) is 34.6 Å². The van der Waals surface area contributed by atoms with Crippen molar-refractivity contribution in [2.24, 2.45) is 0 Å². The van der Waals surface area contributed by atoms with Crippen LogP contribution in [0.2, 0.25) is 0 Å². The molecule has 0 saturated carbocycles. The molecule has 0 aliphatic carbocycles. The number of esters is 1. The van der Waals surface area contributed by atoms with Gasteiger partial charge in [0.2, 0.25) is 5.78 Å². The second-order valence-corrected chi connectivity index (χ2v) is 7.53. The molecular formula is C27H25NO3. The highest BCUT2D eigenvalue weighted by Crippen LogP contribution is 2.29. The van der Waals surface area contributed by atoms with E-state index < -0.39 is 6.10 Å². The SMILES string of the molecule is CCc1cccc2c(C(=O)[C@H](OC(=O)CCc3ccccc3)c3ccccc3)c[nH]c12. The molecule has 0 fully saturated rings. The van der Waals surface area contributed by atoms with Crippen LogP contribution in [0.15, 0.2) is 85.1 Å². The summed E-state index contributed by atoms with van der Waals surface area (Å²) in [5.74, 6) is -0.612. The number of aromatic amines is 1. The molecule has 4 aromatic rings. The minimum absolute atomic E-state index is 0.217. The topological polar surface area (TPSA) is 59.2 Å². The van der Waals surface area contributed by atoms with E-state index in [0.717, 1.165) is 28.5 Å². The molecular weight excluding hydrogens is 386 g/mol. The van der Waals surface area contributed by atoms with Crippen molar-refractivity contribution >= 4 is 22.7 Å². The molecule has 0 saturated heterocycles. The van der Waals surface area contributed by atoms with Crippen LogP contribution in [0.5, 0.6) is 0 Å². The number of carbonyl (C=O) groups excluding carboxylic acids is 2. The minimum atomic E-state index is -0.978. The molecule has 31 heavy (non-hydrogen) atoms. The largest absolute Gasteiger partial charge is 0.449 e. The summed E-state index contributed by atoms with van der Waals surface area (Å²) in [4.78, 5) is 29.4. The lowest BCUT2D eigenvalue weighted by Crippen LogP contribution is -2.20. The number of Topliss-reactive ketones (excluding diaryl/α,β-unsaturated/α-hetero) is 1. The van der Waals surface area contributed by atoms with Crippen LogP contribution in [-0.4, -0.2) is 16.7 Å². The van der Waals surface area contributed by atoms with E-state index in [1.807, 2.05) is 78.9 Å². The zero-order valence-electron chi connectivity index (χ0n) is 17.5. The fraction of sp³-hybridized carbons (Fsp3) is 0.185. The molecule has 0 bridgehead atoms. The standard InChI is InChI=1S/C27H25NO3/c1-2-20-14-9-15-22-23(18-28-25(20)22)26(30)27(21-12-7-4-8-13-21)31-24(29)17-16-19-10-5-3-6-11-19/h3-15,18,27-28H,2,16-17H2,1H3/t27-/m1/s1. The quantitative estimate of drug-likeness (QED) is 0.293. The number of aromatic nitrogens is 1. The molecule has 0 amide bonds. The molecule has 156 valence electrons. The summed E-state index contributed by atoms with van der Waals surface area (Å²) in [6, 6.07) is 24.9. The zero-order valence-corrected chi connectivity index (χ0v) is 17.5. The van der Waals surface area contributed by atoms with Crippen LogP contribution < -0.4 is 0 Å². The average molecular weight is 412 g/mol.